The number of nitrogens with one attached hydrogen (secondary N) is 1. The summed E-state index contributed by atoms with van der Waals surface area (Å²) >= 11 is 0. The van der Waals surface area contributed by atoms with E-state index in [1.807, 2.05) is 32.2 Å². The number of pyridine rings is 1. The molecule has 2 nitrogen and oxygen atoms in total. The van der Waals surface area contributed by atoms with E-state index >= 15 is 0 Å². The highest BCUT2D eigenvalue weighted by molar-refractivity contribution is 5.63. The summed E-state index contributed by atoms with van der Waals surface area (Å²) in [4.78, 5) is 4.18. The third-order valence-corrected chi connectivity index (χ3v) is 2.64. The highest BCUT2D eigenvalue weighted by Crippen LogP contribution is 2.23. The van der Waals surface area contributed by atoms with Crippen LogP contribution in [0.4, 0.5) is 4.39 Å². The molecule has 2 rings (SSSR count). The van der Waals surface area contributed by atoms with Gasteiger partial charge in [0.1, 0.15) is 5.82 Å². The standard InChI is InChI=1S/C14H15FN2/c1-10-3-5-12(9-17-10)13-6-4-11(8-16-2)7-14(13)15/h3-7,9,16H,8H2,1-2H3. The van der Waals surface area contributed by atoms with Gasteiger partial charge < -0.3 is 5.32 Å². The average molecular weight is 230 g/mol. The van der Waals surface area contributed by atoms with E-state index in [1.165, 1.54) is 0 Å². The lowest BCUT2D eigenvalue weighted by Gasteiger charge is -2.06. The smallest absolute Gasteiger partial charge is 0.131 e. The molecule has 0 aliphatic carbocycles. The van der Waals surface area contributed by atoms with Gasteiger partial charge in [-0.15, -0.1) is 0 Å². The zero-order chi connectivity index (χ0) is 12.3. The molecule has 0 unspecified atom stereocenters. The van der Waals surface area contributed by atoms with Crippen LogP contribution in [-0.4, -0.2) is 12.0 Å². The Kier molecular flexibility index (Phi) is 3.49. The predicted molar refractivity (Wildman–Crippen MR) is 67.1 cm³/mol. The molecule has 88 valence electrons. The zero-order valence-electron chi connectivity index (χ0n) is 10.00. The van der Waals surface area contributed by atoms with Crippen molar-refractivity contribution in [3.05, 3.63) is 53.6 Å². The van der Waals surface area contributed by atoms with Gasteiger partial charge in [-0.3, -0.25) is 4.98 Å². The summed E-state index contributed by atoms with van der Waals surface area (Å²) in [6.45, 7) is 2.58. The van der Waals surface area contributed by atoms with Crippen molar-refractivity contribution in [2.75, 3.05) is 7.05 Å². The Morgan fingerprint density at radius 2 is 2.06 bits per heavy atom. The maximum absolute atomic E-state index is 13.9. The molecule has 0 bridgehead atoms. The average Bonchev–Trinajstić information content (AvgIpc) is 2.31. The Morgan fingerprint density at radius 3 is 2.65 bits per heavy atom. The summed E-state index contributed by atoms with van der Waals surface area (Å²) in [6, 6.07) is 9.06. The van der Waals surface area contributed by atoms with Crippen LogP contribution in [0.5, 0.6) is 0 Å². The minimum atomic E-state index is -0.205. The SMILES string of the molecule is CNCc1ccc(-c2ccc(C)nc2)c(F)c1. The van der Waals surface area contributed by atoms with Crippen LogP contribution < -0.4 is 5.32 Å². The molecule has 0 fully saturated rings. The highest BCUT2D eigenvalue weighted by Gasteiger charge is 2.06. The fraction of sp³-hybridized carbons (Fsp3) is 0.214. The molecule has 0 saturated carbocycles. The Bertz CT molecular complexity index is 506. The largest absolute Gasteiger partial charge is 0.316 e. The highest BCUT2D eigenvalue weighted by atomic mass is 19.1. The minimum absolute atomic E-state index is 0.205. The number of benzene rings is 1. The molecule has 0 spiro atoms. The van der Waals surface area contributed by atoms with Crippen LogP contribution in [0.25, 0.3) is 11.1 Å². The lowest BCUT2D eigenvalue weighted by Crippen LogP contribution is -2.05. The molecule has 1 N–H and O–H groups in total. The molecule has 0 aliphatic rings. The number of halogens is 1. The van der Waals surface area contributed by atoms with Crippen LogP contribution >= 0.6 is 0 Å². The Labute approximate surface area is 101 Å². The first-order valence-electron chi connectivity index (χ1n) is 5.57. The van der Waals surface area contributed by atoms with Gasteiger partial charge in [-0.05, 0) is 31.7 Å². The van der Waals surface area contributed by atoms with Gasteiger partial charge in [-0.1, -0.05) is 18.2 Å². The zero-order valence-corrected chi connectivity index (χ0v) is 10.00. The van der Waals surface area contributed by atoms with Crippen molar-refractivity contribution in [1.29, 1.82) is 0 Å². The van der Waals surface area contributed by atoms with E-state index in [9.17, 15) is 4.39 Å². The second kappa shape index (κ2) is 5.06. The van der Waals surface area contributed by atoms with E-state index in [1.54, 1.807) is 18.3 Å². The maximum Gasteiger partial charge on any atom is 0.131 e. The van der Waals surface area contributed by atoms with E-state index < -0.39 is 0 Å². The fourth-order valence-electron chi connectivity index (χ4n) is 1.73. The van der Waals surface area contributed by atoms with Crippen molar-refractivity contribution in [2.24, 2.45) is 0 Å². The van der Waals surface area contributed by atoms with Crippen LogP contribution in [0.15, 0.2) is 36.5 Å². The van der Waals surface area contributed by atoms with Crippen molar-refractivity contribution in [2.45, 2.75) is 13.5 Å². The van der Waals surface area contributed by atoms with Crippen LogP contribution in [0.1, 0.15) is 11.3 Å². The first-order chi connectivity index (χ1) is 8.20. The van der Waals surface area contributed by atoms with Gasteiger partial charge >= 0.3 is 0 Å². The van der Waals surface area contributed by atoms with Gasteiger partial charge in [0.2, 0.25) is 0 Å². The number of nitrogens with zero attached hydrogens (tertiary/aromatic N) is 1. The number of hydrogen-bond acceptors (Lipinski definition) is 2. The topological polar surface area (TPSA) is 24.9 Å². The van der Waals surface area contributed by atoms with Gasteiger partial charge in [-0.25, -0.2) is 4.39 Å². The molecule has 0 aliphatic heterocycles. The van der Waals surface area contributed by atoms with Crippen LogP contribution in [-0.2, 0) is 6.54 Å². The monoisotopic (exact) mass is 230 g/mol. The normalized spacial score (nSPS) is 10.5. The van der Waals surface area contributed by atoms with E-state index in [0.29, 0.717) is 12.1 Å². The van der Waals surface area contributed by atoms with Crippen molar-refractivity contribution >= 4 is 0 Å². The first kappa shape index (κ1) is 11.7. The molecule has 1 aromatic carbocycles. The molecule has 0 radical (unpaired) electrons. The van der Waals surface area contributed by atoms with E-state index in [2.05, 4.69) is 10.3 Å². The number of aromatic nitrogens is 1. The molecule has 0 saturated heterocycles. The third-order valence-electron chi connectivity index (χ3n) is 2.64. The van der Waals surface area contributed by atoms with Crippen LogP contribution in [0.3, 0.4) is 0 Å². The van der Waals surface area contributed by atoms with Gasteiger partial charge in [0.05, 0.1) is 0 Å². The Balaban J connectivity index is 2.36. The number of aryl methyl sites for hydroxylation is 1. The molecule has 17 heavy (non-hydrogen) atoms. The van der Waals surface area contributed by atoms with Crippen molar-refractivity contribution in [3.8, 4) is 11.1 Å². The van der Waals surface area contributed by atoms with E-state index in [0.717, 1.165) is 16.8 Å². The van der Waals surface area contributed by atoms with Gasteiger partial charge in [-0.2, -0.15) is 0 Å². The summed E-state index contributed by atoms with van der Waals surface area (Å²) in [6.07, 6.45) is 1.70. The molecular weight excluding hydrogens is 215 g/mol. The number of rotatable bonds is 3. The summed E-state index contributed by atoms with van der Waals surface area (Å²) in [5.41, 5.74) is 3.27. The van der Waals surface area contributed by atoms with Crippen molar-refractivity contribution < 1.29 is 4.39 Å². The van der Waals surface area contributed by atoms with Gasteiger partial charge in [0, 0.05) is 29.6 Å². The van der Waals surface area contributed by atoms with Crippen molar-refractivity contribution in [1.82, 2.24) is 10.3 Å². The molecular formula is C14H15FN2. The maximum atomic E-state index is 13.9. The lowest BCUT2D eigenvalue weighted by atomic mass is 10.0. The van der Waals surface area contributed by atoms with E-state index in [-0.39, 0.29) is 5.82 Å². The second-order valence-electron chi connectivity index (χ2n) is 4.03. The quantitative estimate of drug-likeness (QED) is 0.877. The van der Waals surface area contributed by atoms with Crippen LogP contribution in [0.2, 0.25) is 0 Å². The molecule has 1 aromatic heterocycles. The first-order valence-corrected chi connectivity index (χ1v) is 5.57. The summed E-state index contributed by atoms with van der Waals surface area (Å²) in [7, 11) is 1.84. The minimum Gasteiger partial charge on any atom is -0.316 e. The van der Waals surface area contributed by atoms with Crippen molar-refractivity contribution in [3.63, 3.8) is 0 Å². The fourth-order valence-corrected chi connectivity index (χ4v) is 1.73. The molecule has 1 heterocycles. The predicted octanol–water partition coefficient (Wildman–Crippen LogP) is 2.92. The molecule has 2 aromatic rings. The van der Waals surface area contributed by atoms with Gasteiger partial charge in [0.15, 0.2) is 0 Å². The Morgan fingerprint density at radius 1 is 1.24 bits per heavy atom. The molecule has 0 atom stereocenters. The van der Waals surface area contributed by atoms with Crippen LogP contribution in [0, 0.1) is 12.7 Å². The summed E-state index contributed by atoms with van der Waals surface area (Å²) in [5.74, 6) is -0.205. The van der Waals surface area contributed by atoms with E-state index in [4.69, 9.17) is 0 Å². The number of hydrogen-bond donors (Lipinski definition) is 1. The molecule has 0 amide bonds. The Hall–Kier alpha value is -1.74. The second-order valence-corrected chi connectivity index (χ2v) is 4.03. The van der Waals surface area contributed by atoms with Gasteiger partial charge in [0.25, 0.3) is 0 Å². The summed E-state index contributed by atoms with van der Waals surface area (Å²) < 4.78 is 13.9. The lowest BCUT2D eigenvalue weighted by molar-refractivity contribution is 0.627. The summed E-state index contributed by atoms with van der Waals surface area (Å²) in [5, 5.41) is 3.00. The third kappa shape index (κ3) is 2.68. The molecule has 3 heteroatoms.